The molecule has 1 unspecified atom stereocenters. The van der Waals surface area contributed by atoms with Gasteiger partial charge in [-0.25, -0.2) is 9.67 Å². The zero-order valence-corrected chi connectivity index (χ0v) is 29.2. The summed E-state index contributed by atoms with van der Waals surface area (Å²) in [6, 6.07) is 24.0. The third-order valence-corrected chi connectivity index (χ3v) is 10.1. The number of amides is 2. The molecule has 3 aromatic heterocycles. The number of anilines is 1. The summed E-state index contributed by atoms with van der Waals surface area (Å²) in [7, 11) is 0. The van der Waals surface area contributed by atoms with Crippen LogP contribution in [0.25, 0.3) is 27.6 Å². The minimum atomic E-state index is -1.19. The minimum Gasteiger partial charge on any atom is -0.399 e. The van der Waals surface area contributed by atoms with Crippen molar-refractivity contribution < 1.29 is 14.7 Å². The van der Waals surface area contributed by atoms with Gasteiger partial charge < -0.3 is 21.1 Å². The summed E-state index contributed by atoms with van der Waals surface area (Å²) in [5.41, 5.74) is 8.30. The number of fused-ring (bicyclic) bond motifs is 2. The van der Waals surface area contributed by atoms with Gasteiger partial charge in [0, 0.05) is 48.4 Å². The van der Waals surface area contributed by atoms with E-state index in [0.717, 1.165) is 10.9 Å². The lowest BCUT2D eigenvalue weighted by Gasteiger charge is -2.39. The smallest absolute Gasteiger partial charge is 0.264 e. The van der Waals surface area contributed by atoms with E-state index in [-0.39, 0.29) is 29.8 Å². The second-order valence-corrected chi connectivity index (χ2v) is 13.8. The molecule has 0 radical (unpaired) electrons. The van der Waals surface area contributed by atoms with E-state index in [1.807, 2.05) is 41.3 Å². The van der Waals surface area contributed by atoms with Crippen molar-refractivity contribution in [3.63, 3.8) is 0 Å². The van der Waals surface area contributed by atoms with Crippen molar-refractivity contribution in [2.45, 2.75) is 44.2 Å². The number of nitrogens with zero attached hydrogens (tertiary/aromatic N) is 6. The molecule has 1 aliphatic rings. The lowest BCUT2D eigenvalue weighted by molar-refractivity contribution is -0.140. The molecular weight excluding hydrogens is 680 g/mol. The SMILES string of the molecule is Nc1cccc(-n2ncc3c(=O)n(CC4(O)CCN(C(=O)C(CCCNC(=O)c5ccc6c(Cl)ccnc6c5)Cc5ccccc5)CC4)cnc32)c1. The molecule has 12 nitrogen and oxygen atoms in total. The van der Waals surface area contributed by atoms with E-state index in [1.54, 1.807) is 53.3 Å². The number of nitrogen functional groups attached to an aromatic ring is 1. The monoisotopic (exact) mass is 718 g/mol. The van der Waals surface area contributed by atoms with Gasteiger partial charge in [-0.3, -0.25) is 23.9 Å². The number of hydrogen-bond donors (Lipinski definition) is 3. The number of hydrogen-bond acceptors (Lipinski definition) is 8. The first-order valence-corrected chi connectivity index (χ1v) is 17.7. The largest absolute Gasteiger partial charge is 0.399 e. The first-order chi connectivity index (χ1) is 25.2. The van der Waals surface area contributed by atoms with Crippen LogP contribution in [0.4, 0.5) is 5.69 Å². The van der Waals surface area contributed by atoms with E-state index in [9.17, 15) is 19.5 Å². The summed E-state index contributed by atoms with van der Waals surface area (Å²) in [5, 5.41) is 20.6. The molecule has 2 amide bonds. The first kappa shape index (κ1) is 34.8. The Hall–Kier alpha value is -5.59. The average molecular weight is 719 g/mol. The molecule has 7 rings (SSSR count). The fourth-order valence-corrected chi connectivity index (χ4v) is 7.12. The molecule has 0 spiro atoms. The molecule has 4 N–H and O–H groups in total. The molecule has 6 aromatic rings. The molecule has 13 heteroatoms. The van der Waals surface area contributed by atoms with Gasteiger partial charge in [-0.1, -0.05) is 54.1 Å². The third-order valence-electron chi connectivity index (χ3n) is 9.78. The van der Waals surface area contributed by atoms with Gasteiger partial charge in [0.25, 0.3) is 11.5 Å². The van der Waals surface area contributed by atoms with Gasteiger partial charge in [0.15, 0.2) is 5.65 Å². The van der Waals surface area contributed by atoms with E-state index in [1.165, 1.54) is 17.1 Å². The van der Waals surface area contributed by atoms with Crippen LogP contribution in [0.1, 0.15) is 41.6 Å². The summed E-state index contributed by atoms with van der Waals surface area (Å²) in [6.07, 6.45) is 6.90. The number of carbonyl (C=O) groups is 2. The quantitative estimate of drug-likeness (QED) is 0.127. The van der Waals surface area contributed by atoms with Gasteiger partial charge in [-0.2, -0.15) is 5.10 Å². The summed E-state index contributed by atoms with van der Waals surface area (Å²) < 4.78 is 2.98. The Morgan fingerprint density at radius 3 is 2.58 bits per heavy atom. The van der Waals surface area contributed by atoms with Crippen LogP contribution in [0.5, 0.6) is 0 Å². The number of rotatable bonds is 11. The van der Waals surface area contributed by atoms with Gasteiger partial charge >= 0.3 is 0 Å². The van der Waals surface area contributed by atoms with Crippen molar-refractivity contribution >= 4 is 51.0 Å². The molecule has 52 heavy (non-hydrogen) atoms. The second-order valence-electron chi connectivity index (χ2n) is 13.4. The molecule has 0 aliphatic carbocycles. The number of aromatic nitrogens is 5. The highest BCUT2D eigenvalue weighted by molar-refractivity contribution is 6.35. The summed E-state index contributed by atoms with van der Waals surface area (Å²) in [5.74, 6) is -0.499. The molecule has 3 aromatic carbocycles. The molecule has 0 saturated carbocycles. The summed E-state index contributed by atoms with van der Waals surface area (Å²) in [4.78, 5) is 51.0. The van der Waals surface area contributed by atoms with E-state index in [0.29, 0.717) is 90.2 Å². The lowest BCUT2D eigenvalue weighted by Crippen LogP contribution is -2.51. The van der Waals surface area contributed by atoms with E-state index in [2.05, 4.69) is 20.4 Å². The van der Waals surface area contributed by atoms with Crippen LogP contribution < -0.4 is 16.6 Å². The number of piperidine rings is 1. The zero-order chi connectivity index (χ0) is 36.2. The predicted octanol–water partition coefficient (Wildman–Crippen LogP) is 4.79. The number of benzene rings is 3. The Labute approximate surface area is 304 Å². The Kier molecular flexibility index (Phi) is 10.0. The van der Waals surface area contributed by atoms with E-state index >= 15 is 0 Å². The standard InChI is InChI=1S/C39H39ClN8O4/c40-33-13-17-42-34-21-27(11-12-31(33)34)36(49)43-16-5-8-28(20-26-6-2-1-3-7-26)37(50)46-18-14-39(52,15-19-46)24-47-25-44-35-32(38(47)51)23-45-48(35)30-10-4-9-29(41)22-30/h1-4,6-7,9-13,17,21-23,25,28,52H,5,8,14-16,18-20,24,41H2,(H,43,49). The number of likely N-dealkylation sites (tertiary alicyclic amines) is 1. The minimum absolute atomic E-state index is 0.0175. The molecule has 1 saturated heterocycles. The van der Waals surface area contributed by atoms with Gasteiger partial charge in [0.05, 0.1) is 34.6 Å². The lowest BCUT2D eigenvalue weighted by atomic mass is 9.88. The highest BCUT2D eigenvalue weighted by Crippen LogP contribution is 2.27. The number of pyridine rings is 1. The fraction of sp³-hybridized carbons (Fsp3) is 0.282. The normalized spacial score (nSPS) is 14.8. The molecule has 4 heterocycles. The second kappa shape index (κ2) is 14.9. The fourth-order valence-electron chi connectivity index (χ4n) is 6.90. The van der Waals surface area contributed by atoms with Crippen LogP contribution in [0.2, 0.25) is 5.02 Å². The van der Waals surface area contributed by atoms with Crippen molar-refractivity contribution in [1.29, 1.82) is 0 Å². The average Bonchev–Trinajstić information content (AvgIpc) is 3.59. The van der Waals surface area contributed by atoms with E-state index < -0.39 is 5.60 Å². The number of nitrogens with two attached hydrogens (primary N) is 1. The molecule has 1 atom stereocenters. The van der Waals surface area contributed by atoms with Gasteiger partial charge in [-0.15, -0.1) is 0 Å². The summed E-state index contributed by atoms with van der Waals surface area (Å²) in [6.45, 7) is 1.17. The maximum atomic E-state index is 14.0. The van der Waals surface area contributed by atoms with Crippen LogP contribution >= 0.6 is 11.6 Å². The maximum absolute atomic E-state index is 14.0. The maximum Gasteiger partial charge on any atom is 0.264 e. The number of halogens is 1. The van der Waals surface area contributed by atoms with Crippen LogP contribution in [0, 0.1) is 5.92 Å². The van der Waals surface area contributed by atoms with Gasteiger partial charge in [0.2, 0.25) is 5.91 Å². The topological polar surface area (TPSA) is 161 Å². The Morgan fingerprint density at radius 2 is 1.79 bits per heavy atom. The number of aliphatic hydroxyl groups is 1. The van der Waals surface area contributed by atoms with Crippen molar-refractivity contribution in [3.05, 3.63) is 124 Å². The Morgan fingerprint density at radius 1 is 0.981 bits per heavy atom. The number of nitrogens with one attached hydrogen (secondary N) is 1. The number of carbonyl (C=O) groups excluding carboxylic acids is 2. The summed E-state index contributed by atoms with van der Waals surface area (Å²) >= 11 is 6.25. The van der Waals surface area contributed by atoms with Gasteiger partial charge in [-0.05, 0) is 74.1 Å². The molecular formula is C39H39ClN8O4. The molecule has 0 bridgehead atoms. The van der Waals surface area contributed by atoms with Crippen LogP contribution in [-0.4, -0.2) is 71.4 Å². The molecule has 1 fully saturated rings. The Bertz CT molecular complexity index is 2300. The third kappa shape index (κ3) is 7.53. The predicted molar refractivity (Wildman–Crippen MR) is 200 cm³/mol. The highest BCUT2D eigenvalue weighted by atomic mass is 35.5. The van der Waals surface area contributed by atoms with Crippen molar-refractivity contribution in [3.8, 4) is 5.69 Å². The van der Waals surface area contributed by atoms with Crippen molar-refractivity contribution in [1.82, 2.24) is 34.5 Å². The Balaban J connectivity index is 0.973. The first-order valence-electron chi connectivity index (χ1n) is 17.3. The van der Waals surface area contributed by atoms with Crippen LogP contribution in [0.15, 0.2) is 102 Å². The van der Waals surface area contributed by atoms with Crippen LogP contribution in [0.3, 0.4) is 0 Å². The van der Waals surface area contributed by atoms with Crippen molar-refractivity contribution in [2.75, 3.05) is 25.4 Å². The van der Waals surface area contributed by atoms with E-state index in [4.69, 9.17) is 17.3 Å². The van der Waals surface area contributed by atoms with Crippen LogP contribution in [-0.2, 0) is 17.8 Å². The zero-order valence-electron chi connectivity index (χ0n) is 28.5. The molecule has 1 aliphatic heterocycles. The highest BCUT2D eigenvalue weighted by Gasteiger charge is 2.36. The van der Waals surface area contributed by atoms with Gasteiger partial charge in [0.1, 0.15) is 11.7 Å². The molecule has 266 valence electrons. The van der Waals surface area contributed by atoms with Crippen molar-refractivity contribution in [2.24, 2.45) is 5.92 Å².